The van der Waals surface area contributed by atoms with Gasteiger partial charge in [0.2, 0.25) is 0 Å². The second-order valence-electron chi connectivity index (χ2n) is 3.83. The summed E-state index contributed by atoms with van der Waals surface area (Å²) in [4.78, 5) is 0. The number of hydrogen-bond donors (Lipinski definition) is 1. The lowest BCUT2D eigenvalue weighted by Crippen LogP contribution is -2.33. The molecule has 0 amide bonds. The summed E-state index contributed by atoms with van der Waals surface area (Å²) in [5.74, 6) is 0. The van der Waals surface area contributed by atoms with E-state index >= 15 is 0 Å². The third-order valence-electron chi connectivity index (χ3n) is 1.95. The van der Waals surface area contributed by atoms with Crippen LogP contribution in [0.1, 0.15) is 26.3 Å². The smallest absolute Gasteiger partial charge is 0.00815 e. The Morgan fingerprint density at radius 2 is 1.85 bits per heavy atom. The van der Waals surface area contributed by atoms with Gasteiger partial charge in [0.1, 0.15) is 0 Å². The summed E-state index contributed by atoms with van der Waals surface area (Å²) in [5.41, 5.74) is 1.37. The number of rotatable bonds is 4. The first-order valence-electron chi connectivity index (χ1n) is 4.89. The van der Waals surface area contributed by atoms with Crippen LogP contribution in [0.2, 0.25) is 0 Å². The van der Waals surface area contributed by atoms with Crippen LogP contribution >= 0.6 is 0 Å². The van der Waals surface area contributed by atoms with E-state index in [9.17, 15) is 0 Å². The molecule has 0 saturated heterocycles. The van der Waals surface area contributed by atoms with Crippen molar-refractivity contribution >= 4 is 0 Å². The highest BCUT2D eigenvalue weighted by atomic mass is 14.9. The van der Waals surface area contributed by atoms with Crippen LogP contribution in [-0.4, -0.2) is 12.1 Å². The molecule has 0 heterocycles. The molecule has 0 aliphatic carbocycles. The Balaban J connectivity index is 2.41. The van der Waals surface area contributed by atoms with Gasteiger partial charge >= 0.3 is 0 Å². The molecule has 0 spiro atoms. The summed E-state index contributed by atoms with van der Waals surface area (Å²) in [7, 11) is 0. The third-order valence-corrected chi connectivity index (χ3v) is 1.95. The second-order valence-corrected chi connectivity index (χ2v) is 3.83. The quantitative estimate of drug-likeness (QED) is 0.743. The first-order chi connectivity index (χ1) is 6.18. The van der Waals surface area contributed by atoms with Crippen LogP contribution in [0.5, 0.6) is 0 Å². The molecule has 1 aromatic rings. The molecule has 0 saturated carbocycles. The minimum Gasteiger partial charge on any atom is -0.312 e. The molecule has 13 heavy (non-hydrogen) atoms. The van der Waals surface area contributed by atoms with Gasteiger partial charge in [-0.15, -0.1) is 0 Å². The van der Waals surface area contributed by atoms with Gasteiger partial charge in [-0.3, -0.25) is 0 Å². The normalized spacial score (nSPS) is 13.2. The lowest BCUT2D eigenvalue weighted by molar-refractivity contribution is 0.488. The molecule has 1 rings (SSSR count). The molecule has 1 radical (unpaired) electrons. The van der Waals surface area contributed by atoms with Crippen LogP contribution in [0.15, 0.2) is 24.3 Å². The van der Waals surface area contributed by atoms with Crippen LogP contribution < -0.4 is 5.32 Å². The summed E-state index contributed by atoms with van der Waals surface area (Å²) in [6, 6.07) is 12.3. The van der Waals surface area contributed by atoms with Gasteiger partial charge in [0.05, 0.1) is 0 Å². The fourth-order valence-electron chi connectivity index (χ4n) is 1.54. The van der Waals surface area contributed by atoms with Crippen LogP contribution in [-0.2, 0) is 6.42 Å². The summed E-state index contributed by atoms with van der Waals surface area (Å²) >= 11 is 0. The monoisotopic (exact) mass is 176 g/mol. The van der Waals surface area contributed by atoms with Crippen molar-refractivity contribution in [1.29, 1.82) is 0 Å². The van der Waals surface area contributed by atoms with E-state index in [2.05, 4.69) is 44.3 Å². The molecule has 0 aliphatic heterocycles. The zero-order valence-corrected chi connectivity index (χ0v) is 8.67. The third kappa shape index (κ3) is 4.09. The Hall–Kier alpha value is -0.820. The van der Waals surface area contributed by atoms with Crippen molar-refractivity contribution in [1.82, 2.24) is 5.32 Å². The molecule has 0 aliphatic rings. The lowest BCUT2D eigenvalue weighted by Gasteiger charge is -2.16. The molecule has 1 N–H and O–H groups in total. The van der Waals surface area contributed by atoms with Gasteiger partial charge in [0.25, 0.3) is 0 Å². The molecule has 0 aromatic heterocycles. The second kappa shape index (κ2) is 5.03. The predicted octanol–water partition coefficient (Wildman–Crippen LogP) is 2.42. The Bertz CT molecular complexity index is 228. The first kappa shape index (κ1) is 10.3. The van der Waals surface area contributed by atoms with E-state index in [-0.39, 0.29) is 0 Å². The highest BCUT2D eigenvalue weighted by molar-refractivity contribution is 5.14. The van der Waals surface area contributed by atoms with E-state index in [0.29, 0.717) is 12.1 Å². The maximum Gasteiger partial charge on any atom is 0.00815 e. The number of benzene rings is 1. The van der Waals surface area contributed by atoms with Gasteiger partial charge in [0, 0.05) is 12.1 Å². The highest BCUT2D eigenvalue weighted by Crippen LogP contribution is 2.02. The maximum atomic E-state index is 3.48. The summed E-state index contributed by atoms with van der Waals surface area (Å²) < 4.78 is 0. The number of nitrogens with one attached hydrogen (secondary N) is 1. The van der Waals surface area contributed by atoms with Crippen LogP contribution in [0.3, 0.4) is 0 Å². The van der Waals surface area contributed by atoms with Crippen molar-refractivity contribution in [2.75, 3.05) is 0 Å². The zero-order valence-electron chi connectivity index (χ0n) is 8.67. The van der Waals surface area contributed by atoms with Gasteiger partial charge < -0.3 is 5.32 Å². The Morgan fingerprint density at radius 3 is 2.38 bits per heavy atom. The first-order valence-corrected chi connectivity index (χ1v) is 4.89. The largest absolute Gasteiger partial charge is 0.312 e. The maximum absolute atomic E-state index is 3.48. The average molecular weight is 176 g/mol. The van der Waals surface area contributed by atoms with E-state index in [0.717, 1.165) is 6.42 Å². The van der Waals surface area contributed by atoms with E-state index in [1.165, 1.54) is 5.56 Å². The number of hydrogen-bond acceptors (Lipinski definition) is 1. The van der Waals surface area contributed by atoms with Gasteiger partial charge in [-0.25, -0.2) is 0 Å². The molecular weight excluding hydrogens is 158 g/mol. The van der Waals surface area contributed by atoms with Crippen molar-refractivity contribution in [3.8, 4) is 0 Å². The molecule has 1 atom stereocenters. The standard InChI is InChI=1S/C12H18N/c1-10(2)13-11(3)9-12-7-5-4-6-8-12/h5-8,10-11,13H,9H2,1-3H3. The summed E-state index contributed by atoms with van der Waals surface area (Å²) in [6.45, 7) is 6.57. The van der Waals surface area contributed by atoms with Gasteiger partial charge in [-0.05, 0) is 25.0 Å². The predicted molar refractivity (Wildman–Crippen MR) is 56.7 cm³/mol. The molecular formula is C12H18N. The zero-order chi connectivity index (χ0) is 9.68. The fraction of sp³-hybridized carbons (Fsp3) is 0.500. The highest BCUT2D eigenvalue weighted by Gasteiger charge is 2.03. The molecule has 0 bridgehead atoms. The molecule has 1 aromatic carbocycles. The molecule has 0 fully saturated rings. The van der Waals surface area contributed by atoms with Gasteiger partial charge in [0.15, 0.2) is 0 Å². The minimum absolute atomic E-state index is 0.544. The van der Waals surface area contributed by atoms with Crippen molar-refractivity contribution in [2.45, 2.75) is 39.3 Å². The Labute approximate surface area is 81.2 Å². The average Bonchev–Trinajstić information content (AvgIpc) is 2.04. The van der Waals surface area contributed by atoms with Crippen LogP contribution in [0.25, 0.3) is 0 Å². The topological polar surface area (TPSA) is 12.0 Å². The Morgan fingerprint density at radius 1 is 1.23 bits per heavy atom. The molecule has 1 unspecified atom stereocenters. The van der Waals surface area contributed by atoms with Crippen molar-refractivity contribution in [3.63, 3.8) is 0 Å². The summed E-state index contributed by atoms with van der Waals surface area (Å²) in [5, 5.41) is 3.48. The molecule has 1 nitrogen and oxygen atoms in total. The van der Waals surface area contributed by atoms with Crippen LogP contribution in [0, 0.1) is 6.07 Å². The van der Waals surface area contributed by atoms with Crippen LogP contribution in [0.4, 0.5) is 0 Å². The molecule has 71 valence electrons. The van der Waals surface area contributed by atoms with Crippen molar-refractivity contribution in [3.05, 3.63) is 35.9 Å². The summed E-state index contributed by atoms with van der Waals surface area (Å²) in [6.07, 6.45) is 1.09. The van der Waals surface area contributed by atoms with E-state index in [4.69, 9.17) is 0 Å². The van der Waals surface area contributed by atoms with E-state index in [1.54, 1.807) is 0 Å². The van der Waals surface area contributed by atoms with Crippen molar-refractivity contribution < 1.29 is 0 Å². The van der Waals surface area contributed by atoms with Gasteiger partial charge in [-0.1, -0.05) is 38.1 Å². The lowest BCUT2D eigenvalue weighted by atomic mass is 10.1. The van der Waals surface area contributed by atoms with E-state index in [1.807, 2.05) is 12.1 Å². The Kier molecular flexibility index (Phi) is 3.97. The fourth-order valence-corrected chi connectivity index (χ4v) is 1.54. The minimum atomic E-state index is 0.544. The SMILES string of the molecule is CC(C)NC(C)Cc1cc[c]cc1. The van der Waals surface area contributed by atoms with Crippen molar-refractivity contribution in [2.24, 2.45) is 0 Å². The van der Waals surface area contributed by atoms with E-state index < -0.39 is 0 Å². The molecule has 1 heteroatoms. The van der Waals surface area contributed by atoms with Gasteiger partial charge in [-0.2, -0.15) is 0 Å².